The molecule has 0 atom stereocenters. The maximum Gasteiger partial charge on any atom is 0.391 e. The average Bonchev–Trinajstić information content (AvgIpc) is 2.47. The van der Waals surface area contributed by atoms with Crippen molar-refractivity contribution in [3.63, 3.8) is 0 Å². The van der Waals surface area contributed by atoms with Crippen LogP contribution in [-0.4, -0.2) is 42.4 Å². The molecule has 0 bridgehead atoms. The minimum Gasteiger partial charge on any atom is -0.502 e. The van der Waals surface area contributed by atoms with Crippen LogP contribution in [0.3, 0.4) is 0 Å². The summed E-state index contributed by atoms with van der Waals surface area (Å²) in [5.74, 6) is -1.09. The predicted octanol–water partition coefficient (Wildman–Crippen LogP) is 1.46. The Bertz CT molecular complexity index is 438. The number of carbonyl (C=O) groups is 1. The Labute approximate surface area is 112 Å². The number of hydrogen-bond donors (Lipinski definition) is 1. The van der Waals surface area contributed by atoms with Crippen LogP contribution in [-0.2, 0) is 20.8 Å². The highest BCUT2D eigenvalue weighted by atomic mass is 16.7. The highest BCUT2D eigenvalue weighted by molar-refractivity contribution is 5.85. The fourth-order valence-electron chi connectivity index (χ4n) is 1.71. The molecule has 5 nitrogen and oxygen atoms in total. The minimum atomic E-state index is -0.724. The number of hydroxylamine groups is 2. The molecule has 0 radical (unpaired) electrons. The number of aliphatic hydroxyl groups is 1. The van der Waals surface area contributed by atoms with Gasteiger partial charge in [0.25, 0.3) is 0 Å². The van der Waals surface area contributed by atoms with E-state index in [1.807, 2.05) is 30.3 Å². The molecule has 1 aromatic rings. The first-order chi connectivity index (χ1) is 9.25. The van der Waals surface area contributed by atoms with Crippen molar-refractivity contribution in [3.05, 3.63) is 47.7 Å². The second-order valence-corrected chi connectivity index (χ2v) is 4.20. The molecule has 0 amide bonds. The Hall–Kier alpha value is -1.85. The molecule has 0 aliphatic carbocycles. The Morgan fingerprint density at radius 1 is 1.32 bits per heavy atom. The topological polar surface area (TPSA) is 59.0 Å². The van der Waals surface area contributed by atoms with Crippen LogP contribution < -0.4 is 0 Å². The number of allylic oxidation sites excluding steroid dienone is 1. The van der Waals surface area contributed by atoms with Gasteiger partial charge in [0.15, 0.2) is 5.76 Å². The van der Waals surface area contributed by atoms with E-state index < -0.39 is 5.97 Å². The van der Waals surface area contributed by atoms with Gasteiger partial charge in [0.1, 0.15) is 0 Å². The summed E-state index contributed by atoms with van der Waals surface area (Å²) in [6.07, 6.45) is 1.95. The third-order valence-electron chi connectivity index (χ3n) is 2.77. The van der Waals surface area contributed by atoms with Gasteiger partial charge in [-0.25, -0.2) is 4.79 Å². The van der Waals surface area contributed by atoms with Gasteiger partial charge in [-0.05, 0) is 18.1 Å². The van der Waals surface area contributed by atoms with Crippen LogP contribution in [0.1, 0.15) is 5.56 Å². The summed E-state index contributed by atoms with van der Waals surface area (Å²) < 4.78 is 5.14. The van der Waals surface area contributed by atoms with Crippen molar-refractivity contribution in [2.24, 2.45) is 0 Å². The number of rotatable bonds is 4. The molecule has 2 rings (SSSR count). The van der Waals surface area contributed by atoms with Gasteiger partial charge in [-0.1, -0.05) is 30.3 Å². The van der Waals surface area contributed by atoms with Crippen molar-refractivity contribution in [2.75, 3.05) is 26.3 Å². The molecule has 1 aromatic carbocycles. The maximum absolute atomic E-state index is 11.6. The second-order valence-electron chi connectivity index (χ2n) is 4.20. The van der Waals surface area contributed by atoms with E-state index >= 15 is 0 Å². The highest BCUT2D eigenvalue weighted by Gasteiger charge is 2.17. The smallest absolute Gasteiger partial charge is 0.391 e. The third kappa shape index (κ3) is 4.39. The molecular weight excluding hydrogens is 246 g/mol. The number of benzene rings is 1. The van der Waals surface area contributed by atoms with Gasteiger partial charge in [-0.2, -0.15) is 0 Å². The number of hydrogen-bond acceptors (Lipinski definition) is 5. The first-order valence-corrected chi connectivity index (χ1v) is 6.24. The molecule has 5 heteroatoms. The molecule has 1 aliphatic heterocycles. The van der Waals surface area contributed by atoms with Crippen molar-refractivity contribution in [2.45, 2.75) is 6.42 Å². The molecular formula is C14H17NO4. The number of morpholine rings is 1. The Balaban J connectivity index is 1.84. The molecule has 1 heterocycles. The van der Waals surface area contributed by atoms with Gasteiger partial charge in [0.2, 0.25) is 0 Å². The molecule has 0 saturated carbocycles. The van der Waals surface area contributed by atoms with E-state index in [9.17, 15) is 9.90 Å². The first-order valence-electron chi connectivity index (χ1n) is 6.24. The summed E-state index contributed by atoms with van der Waals surface area (Å²) in [6, 6.07) is 9.59. The maximum atomic E-state index is 11.6. The number of nitrogens with zero attached hydrogens (tertiary/aromatic N) is 1. The summed E-state index contributed by atoms with van der Waals surface area (Å²) in [4.78, 5) is 16.6. The lowest BCUT2D eigenvalue weighted by Crippen LogP contribution is -2.38. The van der Waals surface area contributed by atoms with Crippen molar-refractivity contribution in [3.8, 4) is 0 Å². The molecule has 1 fully saturated rings. The summed E-state index contributed by atoms with van der Waals surface area (Å²) >= 11 is 0. The second kappa shape index (κ2) is 6.92. The first kappa shape index (κ1) is 13.6. The Morgan fingerprint density at radius 2 is 2.00 bits per heavy atom. The molecule has 0 aromatic heterocycles. The molecule has 1 aliphatic rings. The Kier molecular flexibility index (Phi) is 4.94. The van der Waals surface area contributed by atoms with Gasteiger partial charge < -0.3 is 14.7 Å². The van der Waals surface area contributed by atoms with Crippen LogP contribution >= 0.6 is 0 Å². The minimum absolute atomic E-state index is 0.365. The summed E-state index contributed by atoms with van der Waals surface area (Å²) in [5, 5.41) is 11.1. The summed E-state index contributed by atoms with van der Waals surface area (Å²) in [5.41, 5.74) is 1.02. The molecule has 102 valence electrons. The van der Waals surface area contributed by atoms with Gasteiger partial charge in [0, 0.05) is 0 Å². The fourth-order valence-corrected chi connectivity index (χ4v) is 1.71. The fraction of sp³-hybridized carbons (Fsp3) is 0.357. The molecule has 0 unspecified atom stereocenters. The lowest BCUT2D eigenvalue weighted by molar-refractivity contribution is -0.203. The van der Waals surface area contributed by atoms with Crippen LogP contribution in [0.15, 0.2) is 42.2 Å². The third-order valence-corrected chi connectivity index (χ3v) is 2.77. The van der Waals surface area contributed by atoms with E-state index in [2.05, 4.69) is 0 Å². The largest absolute Gasteiger partial charge is 0.502 e. The van der Waals surface area contributed by atoms with E-state index in [1.165, 1.54) is 11.1 Å². The van der Waals surface area contributed by atoms with Crippen molar-refractivity contribution < 1.29 is 19.5 Å². The van der Waals surface area contributed by atoms with Crippen LogP contribution in [0.25, 0.3) is 0 Å². The highest BCUT2D eigenvalue weighted by Crippen LogP contribution is 2.05. The lowest BCUT2D eigenvalue weighted by Gasteiger charge is -2.24. The lowest BCUT2D eigenvalue weighted by atomic mass is 10.1. The van der Waals surface area contributed by atoms with Crippen molar-refractivity contribution in [1.29, 1.82) is 0 Å². The average molecular weight is 263 g/mol. The van der Waals surface area contributed by atoms with E-state index in [0.29, 0.717) is 32.7 Å². The summed E-state index contributed by atoms with van der Waals surface area (Å²) in [6.45, 7) is 2.11. The van der Waals surface area contributed by atoms with Crippen LogP contribution in [0.2, 0.25) is 0 Å². The standard InChI is InChI=1S/C14H17NO4/c16-13(7-6-12-4-2-1-3-5-12)14(17)19-15-8-10-18-11-9-15/h1-5,7,16H,6,8-11H2. The monoisotopic (exact) mass is 263 g/mol. The van der Waals surface area contributed by atoms with E-state index in [-0.39, 0.29) is 5.76 Å². The predicted molar refractivity (Wildman–Crippen MR) is 69.3 cm³/mol. The van der Waals surface area contributed by atoms with E-state index in [1.54, 1.807) is 0 Å². The molecule has 1 saturated heterocycles. The number of ether oxygens (including phenoxy) is 1. The van der Waals surface area contributed by atoms with Crippen LogP contribution in [0.5, 0.6) is 0 Å². The van der Waals surface area contributed by atoms with Crippen molar-refractivity contribution >= 4 is 5.97 Å². The van der Waals surface area contributed by atoms with E-state index in [4.69, 9.17) is 9.57 Å². The number of aliphatic hydroxyl groups excluding tert-OH is 1. The van der Waals surface area contributed by atoms with Crippen LogP contribution in [0, 0.1) is 0 Å². The quantitative estimate of drug-likeness (QED) is 0.658. The SMILES string of the molecule is O=C(ON1CCOCC1)C(O)=CCc1ccccc1. The van der Waals surface area contributed by atoms with E-state index in [0.717, 1.165) is 5.56 Å². The zero-order chi connectivity index (χ0) is 13.5. The normalized spacial score (nSPS) is 17.2. The van der Waals surface area contributed by atoms with Crippen LogP contribution in [0.4, 0.5) is 0 Å². The van der Waals surface area contributed by atoms with Gasteiger partial charge in [-0.15, -0.1) is 5.06 Å². The summed E-state index contributed by atoms with van der Waals surface area (Å²) in [7, 11) is 0. The molecule has 19 heavy (non-hydrogen) atoms. The Morgan fingerprint density at radius 3 is 2.68 bits per heavy atom. The molecule has 1 N–H and O–H groups in total. The zero-order valence-corrected chi connectivity index (χ0v) is 10.6. The van der Waals surface area contributed by atoms with Gasteiger partial charge in [-0.3, -0.25) is 0 Å². The molecule has 0 spiro atoms. The zero-order valence-electron chi connectivity index (χ0n) is 10.6. The van der Waals surface area contributed by atoms with Gasteiger partial charge in [0.05, 0.1) is 26.3 Å². The number of carbonyl (C=O) groups excluding carboxylic acids is 1. The van der Waals surface area contributed by atoms with Crippen molar-refractivity contribution in [1.82, 2.24) is 5.06 Å². The van der Waals surface area contributed by atoms with Gasteiger partial charge >= 0.3 is 5.97 Å².